The SMILES string of the molecule is N[C@H]1CCCC[C@@H]1Nc1cnccn1. The largest absolute Gasteiger partial charge is 0.365 e. The van der Waals surface area contributed by atoms with Crippen LogP contribution in [0.4, 0.5) is 5.82 Å². The molecule has 1 fully saturated rings. The highest BCUT2D eigenvalue weighted by Gasteiger charge is 2.21. The molecule has 4 nitrogen and oxygen atoms in total. The second-order valence-electron chi connectivity index (χ2n) is 3.79. The van der Waals surface area contributed by atoms with Crippen LogP contribution in [-0.4, -0.2) is 22.1 Å². The Labute approximate surface area is 83.9 Å². The lowest BCUT2D eigenvalue weighted by Crippen LogP contribution is -2.42. The van der Waals surface area contributed by atoms with Gasteiger partial charge in [0.25, 0.3) is 0 Å². The van der Waals surface area contributed by atoms with Crippen LogP contribution in [0.15, 0.2) is 18.6 Å². The monoisotopic (exact) mass is 192 g/mol. The van der Waals surface area contributed by atoms with E-state index in [1.165, 1.54) is 12.8 Å². The molecule has 0 unspecified atom stereocenters. The number of hydrogen-bond acceptors (Lipinski definition) is 4. The van der Waals surface area contributed by atoms with Gasteiger partial charge in [0.2, 0.25) is 0 Å². The third-order valence-electron chi connectivity index (χ3n) is 2.72. The Morgan fingerprint density at radius 3 is 2.86 bits per heavy atom. The van der Waals surface area contributed by atoms with E-state index in [-0.39, 0.29) is 6.04 Å². The van der Waals surface area contributed by atoms with E-state index >= 15 is 0 Å². The smallest absolute Gasteiger partial charge is 0.144 e. The lowest BCUT2D eigenvalue weighted by Gasteiger charge is -2.29. The second kappa shape index (κ2) is 4.37. The van der Waals surface area contributed by atoms with Crippen molar-refractivity contribution in [3.05, 3.63) is 18.6 Å². The van der Waals surface area contributed by atoms with Crippen LogP contribution in [0.1, 0.15) is 25.7 Å². The molecule has 0 aromatic carbocycles. The Balaban J connectivity index is 1.96. The Kier molecular flexibility index (Phi) is 2.93. The molecule has 0 aliphatic heterocycles. The topological polar surface area (TPSA) is 63.8 Å². The first-order chi connectivity index (χ1) is 6.86. The third-order valence-corrected chi connectivity index (χ3v) is 2.72. The minimum atomic E-state index is 0.255. The Hall–Kier alpha value is -1.16. The van der Waals surface area contributed by atoms with E-state index in [0.29, 0.717) is 6.04 Å². The summed E-state index contributed by atoms with van der Waals surface area (Å²) in [6.07, 6.45) is 9.85. The van der Waals surface area contributed by atoms with Crippen molar-refractivity contribution >= 4 is 5.82 Å². The van der Waals surface area contributed by atoms with Gasteiger partial charge in [-0.15, -0.1) is 0 Å². The molecule has 2 rings (SSSR count). The molecule has 76 valence electrons. The van der Waals surface area contributed by atoms with Gasteiger partial charge in [-0.1, -0.05) is 12.8 Å². The van der Waals surface area contributed by atoms with Crippen LogP contribution in [0.3, 0.4) is 0 Å². The molecule has 0 bridgehead atoms. The van der Waals surface area contributed by atoms with E-state index in [1.807, 2.05) is 0 Å². The Bertz CT molecular complexity index is 275. The van der Waals surface area contributed by atoms with Crippen molar-refractivity contribution in [3.63, 3.8) is 0 Å². The summed E-state index contributed by atoms with van der Waals surface area (Å²) >= 11 is 0. The first kappa shape index (κ1) is 9.40. The average molecular weight is 192 g/mol. The molecular weight excluding hydrogens is 176 g/mol. The molecule has 1 heterocycles. The van der Waals surface area contributed by atoms with Crippen LogP contribution in [0, 0.1) is 0 Å². The maximum atomic E-state index is 6.02. The Morgan fingerprint density at radius 2 is 2.14 bits per heavy atom. The lowest BCUT2D eigenvalue weighted by atomic mass is 9.91. The summed E-state index contributed by atoms with van der Waals surface area (Å²) in [6, 6.07) is 0.617. The first-order valence-electron chi connectivity index (χ1n) is 5.14. The zero-order valence-electron chi connectivity index (χ0n) is 8.19. The van der Waals surface area contributed by atoms with Crippen LogP contribution in [0.2, 0.25) is 0 Å². The molecule has 0 radical (unpaired) electrons. The van der Waals surface area contributed by atoms with Crippen molar-refractivity contribution < 1.29 is 0 Å². The predicted octanol–water partition coefficient (Wildman–Crippen LogP) is 1.16. The van der Waals surface area contributed by atoms with Crippen molar-refractivity contribution in [2.24, 2.45) is 5.73 Å². The molecule has 0 amide bonds. The fourth-order valence-corrected chi connectivity index (χ4v) is 1.90. The fraction of sp³-hybridized carbons (Fsp3) is 0.600. The predicted molar refractivity (Wildman–Crippen MR) is 55.9 cm³/mol. The van der Waals surface area contributed by atoms with Crippen LogP contribution >= 0.6 is 0 Å². The average Bonchev–Trinajstić information content (AvgIpc) is 2.23. The highest BCUT2D eigenvalue weighted by Crippen LogP contribution is 2.19. The van der Waals surface area contributed by atoms with E-state index < -0.39 is 0 Å². The summed E-state index contributed by atoms with van der Waals surface area (Å²) < 4.78 is 0. The highest BCUT2D eigenvalue weighted by atomic mass is 15.0. The number of nitrogens with one attached hydrogen (secondary N) is 1. The van der Waals surface area contributed by atoms with E-state index in [0.717, 1.165) is 18.7 Å². The fourth-order valence-electron chi connectivity index (χ4n) is 1.90. The summed E-state index contributed by atoms with van der Waals surface area (Å²) in [5.74, 6) is 0.829. The van der Waals surface area contributed by atoms with Gasteiger partial charge in [-0.2, -0.15) is 0 Å². The summed E-state index contributed by atoms with van der Waals surface area (Å²) in [7, 11) is 0. The van der Waals surface area contributed by atoms with E-state index in [1.54, 1.807) is 18.6 Å². The molecule has 1 saturated carbocycles. The van der Waals surface area contributed by atoms with Crippen LogP contribution < -0.4 is 11.1 Å². The molecule has 1 aromatic heterocycles. The number of hydrogen-bond donors (Lipinski definition) is 2. The zero-order chi connectivity index (χ0) is 9.80. The van der Waals surface area contributed by atoms with Crippen molar-refractivity contribution in [3.8, 4) is 0 Å². The first-order valence-corrected chi connectivity index (χ1v) is 5.14. The number of nitrogens with zero attached hydrogens (tertiary/aromatic N) is 2. The molecule has 14 heavy (non-hydrogen) atoms. The summed E-state index contributed by atoms with van der Waals surface area (Å²) in [5.41, 5.74) is 6.02. The molecule has 3 N–H and O–H groups in total. The quantitative estimate of drug-likeness (QED) is 0.738. The van der Waals surface area contributed by atoms with Gasteiger partial charge in [0.15, 0.2) is 0 Å². The van der Waals surface area contributed by atoms with Crippen molar-refractivity contribution in [2.75, 3.05) is 5.32 Å². The lowest BCUT2D eigenvalue weighted by molar-refractivity contribution is 0.403. The van der Waals surface area contributed by atoms with Gasteiger partial charge in [-0.25, -0.2) is 4.98 Å². The number of anilines is 1. The summed E-state index contributed by atoms with van der Waals surface area (Å²) in [4.78, 5) is 8.19. The second-order valence-corrected chi connectivity index (χ2v) is 3.79. The molecule has 1 aliphatic rings. The number of rotatable bonds is 2. The van der Waals surface area contributed by atoms with Gasteiger partial charge in [0, 0.05) is 24.5 Å². The molecule has 0 saturated heterocycles. The van der Waals surface area contributed by atoms with Gasteiger partial charge in [-0.3, -0.25) is 4.98 Å². The van der Waals surface area contributed by atoms with Gasteiger partial charge in [0.05, 0.1) is 6.20 Å². The van der Waals surface area contributed by atoms with Gasteiger partial charge in [0.1, 0.15) is 5.82 Å². The highest BCUT2D eigenvalue weighted by molar-refractivity contribution is 5.32. The van der Waals surface area contributed by atoms with Gasteiger partial charge >= 0.3 is 0 Å². The minimum Gasteiger partial charge on any atom is -0.365 e. The van der Waals surface area contributed by atoms with E-state index in [9.17, 15) is 0 Å². The molecule has 4 heteroatoms. The minimum absolute atomic E-state index is 0.255. The third kappa shape index (κ3) is 2.20. The van der Waals surface area contributed by atoms with Gasteiger partial charge in [-0.05, 0) is 12.8 Å². The number of nitrogens with two attached hydrogens (primary N) is 1. The van der Waals surface area contributed by atoms with Crippen LogP contribution in [-0.2, 0) is 0 Å². The maximum absolute atomic E-state index is 6.02. The summed E-state index contributed by atoms with van der Waals surface area (Å²) in [6.45, 7) is 0. The normalized spacial score (nSPS) is 27.2. The standard InChI is InChI=1S/C10H16N4/c11-8-3-1-2-4-9(8)14-10-7-12-5-6-13-10/h5-9H,1-4,11H2,(H,13,14)/t8-,9-/m0/s1. The van der Waals surface area contributed by atoms with Crippen LogP contribution in [0.5, 0.6) is 0 Å². The van der Waals surface area contributed by atoms with E-state index in [4.69, 9.17) is 5.73 Å². The van der Waals surface area contributed by atoms with Gasteiger partial charge < -0.3 is 11.1 Å². The number of aromatic nitrogens is 2. The van der Waals surface area contributed by atoms with E-state index in [2.05, 4.69) is 15.3 Å². The van der Waals surface area contributed by atoms with Crippen molar-refractivity contribution in [1.29, 1.82) is 0 Å². The molecule has 2 atom stereocenters. The molecular formula is C10H16N4. The Morgan fingerprint density at radius 1 is 1.29 bits per heavy atom. The molecule has 0 spiro atoms. The van der Waals surface area contributed by atoms with Crippen LogP contribution in [0.25, 0.3) is 0 Å². The molecule has 1 aromatic rings. The maximum Gasteiger partial charge on any atom is 0.144 e. The van der Waals surface area contributed by atoms with Crippen molar-refractivity contribution in [1.82, 2.24) is 9.97 Å². The summed E-state index contributed by atoms with van der Waals surface area (Å²) in [5, 5.41) is 3.33. The molecule has 1 aliphatic carbocycles. The van der Waals surface area contributed by atoms with Crippen molar-refractivity contribution in [2.45, 2.75) is 37.8 Å². The zero-order valence-corrected chi connectivity index (χ0v) is 8.19.